The van der Waals surface area contributed by atoms with Gasteiger partial charge >= 0.3 is 0 Å². The van der Waals surface area contributed by atoms with Gasteiger partial charge in [-0.25, -0.2) is 0 Å². The van der Waals surface area contributed by atoms with Crippen LogP contribution in [-0.4, -0.2) is 31.1 Å². The van der Waals surface area contributed by atoms with Gasteiger partial charge in [-0.3, -0.25) is 0 Å². The van der Waals surface area contributed by atoms with Crippen molar-refractivity contribution in [3.63, 3.8) is 0 Å². The van der Waals surface area contributed by atoms with Crippen LogP contribution < -0.4 is 4.90 Å². The van der Waals surface area contributed by atoms with Gasteiger partial charge in [-0.05, 0) is 36.8 Å². The van der Waals surface area contributed by atoms with Gasteiger partial charge in [0.2, 0.25) is 0 Å². The van der Waals surface area contributed by atoms with E-state index >= 15 is 0 Å². The fourth-order valence-electron chi connectivity index (χ4n) is 1.40. The van der Waals surface area contributed by atoms with Crippen molar-refractivity contribution in [1.82, 2.24) is 0 Å². The largest absolute Gasteiger partial charge is 0.508 e. The summed E-state index contributed by atoms with van der Waals surface area (Å²) in [5.41, 5.74) is 2.10. The Hall–Kier alpha value is -2.49. The number of benzene rings is 2. The second kappa shape index (κ2) is 9.44. The highest BCUT2D eigenvalue weighted by Crippen LogP contribution is 2.17. The van der Waals surface area contributed by atoms with Gasteiger partial charge < -0.3 is 19.9 Å². The Bertz CT molecular complexity index is 495. The van der Waals surface area contributed by atoms with Crippen molar-refractivity contribution in [2.75, 3.05) is 19.0 Å². The third-order valence-corrected chi connectivity index (χ3v) is 2.35. The molecule has 2 N–H and O–H groups in total. The number of rotatable bonds is 1. The number of hydrogen-bond donors (Lipinski definition) is 2. The van der Waals surface area contributed by atoms with Crippen LogP contribution in [0.4, 0.5) is 5.69 Å². The third kappa shape index (κ3) is 7.06. The predicted molar refractivity (Wildman–Crippen MR) is 82.4 cm³/mol. The SMILES string of the molecule is C=O.CN(C)c1cccc(O)c1.Cc1cccc(O)c1. The summed E-state index contributed by atoms with van der Waals surface area (Å²) < 4.78 is 0. The number of aryl methyl sites for hydroxylation is 1. The standard InChI is InChI=1S/C8H11NO.C7H8O.CH2O/c1-9(2)7-4-3-5-8(10)6-7;1-6-3-2-4-7(8)5-6;1-2/h3-6,10H,1-2H3;2-5,8H,1H3;1H2. The zero-order valence-electron chi connectivity index (χ0n) is 12.1. The molecule has 0 aromatic heterocycles. The van der Waals surface area contributed by atoms with E-state index in [1.54, 1.807) is 24.3 Å². The molecule has 2 rings (SSSR count). The Morgan fingerprint density at radius 2 is 1.40 bits per heavy atom. The number of carbonyl (C=O) groups is 1. The van der Waals surface area contributed by atoms with E-state index in [9.17, 15) is 0 Å². The van der Waals surface area contributed by atoms with Crippen LogP contribution in [0.25, 0.3) is 0 Å². The number of anilines is 1. The summed E-state index contributed by atoms with van der Waals surface area (Å²) in [7, 11) is 3.88. The molecule has 0 atom stereocenters. The number of nitrogens with zero attached hydrogens (tertiary/aromatic N) is 1. The van der Waals surface area contributed by atoms with E-state index in [1.165, 1.54) is 0 Å². The van der Waals surface area contributed by atoms with E-state index in [0.717, 1.165) is 11.3 Å². The number of hydrogen-bond acceptors (Lipinski definition) is 4. The fraction of sp³-hybridized carbons (Fsp3) is 0.188. The fourth-order valence-corrected chi connectivity index (χ4v) is 1.40. The van der Waals surface area contributed by atoms with Crippen LogP contribution in [0.5, 0.6) is 11.5 Å². The molecule has 108 valence electrons. The zero-order valence-corrected chi connectivity index (χ0v) is 12.1. The van der Waals surface area contributed by atoms with Crippen LogP contribution in [0, 0.1) is 6.92 Å². The van der Waals surface area contributed by atoms with E-state index in [4.69, 9.17) is 15.0 Å². The molecular formula is C16H21NO3. The molecule has 0 bridgehead atoms. The predicted octanol–water partition coefficient (Wildman–Crippen LogP) is 2.97. The summed E-state index contributed by atoms with van der Waals surface area (Å²) in [5, 5.41) is 17.8. The Balaban J connectivity index is 0.000000327. The van der Waals surface area contributed by atoms with Crippen LogP contribution in [0.15, 0.2) is 48.5 Å². The van der Waals surface area contributed by atoms with Crippen molar-refractivity contribution < 1.29 is 15.0 Å². The van der Waals surface area contributed by atoms with Crippen LogP contribution in [0.3, 0.4) is 0 Å². The molecule has 0 amide bonds. The minimum atomic E-state index is 0.311. The van der Waals surface area contributed by atoms with E-state index in [1.807, 2.05) is 57.0 Å². The molecule has 2 aromatic rings. The molecule has 4 nitrogen and oxygen atoms in total. The average Bonchev–Trinajstić information content (AvgIpc) is 2.41. The maximum atomic E-state index is 9.04. The Labute approximate surface area is 119 Å². The second-order valence-corrected chi connectivity index (χ2v) is 4.25. The molecule has 0 radical (unpaired) electrons. The smallest absolute Gasteiger partial charge is 0.117 e. The monoisotopic (exact) mass is 275 g/mol. The van der Waals surface area contributed by atoms with Gasteiger partial charge in [-0.15, -0.1) is 0 Å². The van der Waals surface area contributed by atoms with Gasteiger partial charge in [0.1, 0.15) is 18.3 Å². The normalized spacial score (nSPS) is 8.55. The molecule has 0 saturated carbocycles. The maximum absolute atomic E-state index is 9.04. The summed E-state index contributed by atoms with van der Waals surface area (Å²) in [6, 6.07) is 14.3. The molecular weight excluding hydrogens is 254 g/mol. The molecule has 4 heteroatoms. The lowest BCUT2D eigenvalue weighted by Crippen LogP contribution is -2.07. The molecule has 0 heterocycles. The summed E-state index contributed by atoms with van der Waals surface area (Å²) in [5.74, 6) is 0.649. The highest BCUT2D eigenvalue weighted by atomic mass is 16.3. The number of aromatic hydroxyl groups is 2. The van der Waals surface area contributed by atoms with Crippen LogP contribution >= 0.6 is 0 Å². The first kappa shape index (κ1) is 17.5. The van der Waals surface area contributed by atoms with Gasteiger partial charge in [0.15, 0.2) is 0 Å². The van der Waals surface area contributed by atoms with Gasteiger partial charge in [0.05, 0.1) is 0 Å². The summed E-state index contributed by atoms with van der Waals surface area (Å²) in [6.07, 6.45) is 0. The van der Waals surface area contributed by atoms with E-state index < -0.39 is 0 Å². The van der Waals surface area contributed by atoms with Gasteiger partial charge in [-0.1, -0.05) is 18.2 Å². The molecule has 0 spiro atoms. The molecule has 0 aliphatic rings. The van der Waals surface area contributed by atoms with E-state index in [2.05, 4.69) is 0 Å². The first-order valence-corrected chi connectivity index (χ1v) is 6.00. The molecule has 0 fully saturated rings. The lowest BCUT2D eigenvalue weighted by molar-refractivity contribution is -0.0979. The first-order chi connectivity index (χ1) is 9.49. The van der Waals surface area contributed by atoms with Gasteiger partial charge in [0.25, 0.3) is 0 Å². The average molecular weight is 275 g/mol. The summed E-state index contributed by atoms with van der Waals surface area (Å²) in [6.45, 7) is 3.94. The minimum absolute atomic E-state index is 0.311. The molecule has 0 saturated heterocycles. The molecule has 0 unspecified atom stereocenters. The zero-order chi connectivity index (χ0) is 15.5. The third-order valence-electron chi connectivity index (χ3n) is 2.35. The number of carbonyl (C=O) groups excluding carboxylic acids is 1. The van der Waals surface area contributed by atoms with E-state index in [0.29, 0.717) is 11.5 Å². The van der Waals surface area contributed by atoms with Gasteiger partial charge in [0, 0.05) is 25.8 Å². The highest BCUT2D eigenvalue weighted by molar-refractivity contribution is 5.48. The molecule has 0 aliphatic heterocycles. The Morgan fingerprint density at radius 1 is 0.900 bits per heavy atom. The van der Waals surface area contributed by atoms with E-state index in [-0.39, 0.29) is 0 Å². The second-order valence-electron chi connectivity index (χ2n) is 4.25. The maximum Gasteiger partial charge on any atom is 0.117 e. The van der Waals surface area contributed by atoms with Crippen LogP contribution in [0.1, 0.15) is 5.56 Å². The summed E-state index contributed by atoms with van der Waals surface area (Å²) in [4.78, 5) is 9.94. The number of phenols is 2. The number of phenolic OH excluding ortho intramolecular Hbond substituents is 2. The lowest BCUT2D eigenvalue weighted by atomic mass is 10.2. The Kier molecular flexibility index (Phi) is 8.27. The molecule has 20 heavy (non-hydrogen) atoms. The van der Waals surface area contributed by atoms with Crippen molar-refractivity contribution >= 4 is 12.5 Å². The molecule has 2 aromatic carbocycles. The topological polar surface area (TPSA) is 60.8 Å². The molecule has 0 aliphatic carbocycles. The quantitative estimate of drug-likeness (QED) is 0.840. The van der Waals surface area contributed by atoms with Crippen molar-refractivity contribution in [2.24, 2.45) is 0 Å². The van der Waals surface area contributed by atoms with Crippen LogP contribution in [0.2, 0.25) is 0 Å². The van der Waals surface area contributed by atoms with Crippen molar-refractivity contribution in [2.45, 2.75) is 6.92 Å². The summed E-state index contributed by atoms with van der Waals surface area (Å²) >= 11 is 0. The van der Waals surface area contributed by atoms with Crippen molar-refractivity contribution in [3.05, 3.63) is 54.1 Å². The van der Waals surface area contributed by atoms with Crippen molar-refractivity contribution in [1.29, 1.82) is 0 Å². The first-order valence-electron chi connectivity index (χ1n) is 6.00. The van der Waals surface area contributed by atoms with Gasteiger partial charge in [-0.2, -0.15) is 0 Å². The lowest BCUT2D eigenvalue weighted by Gasteiger charge is -2.11. The highest BCUT2D eigenvalue weighted by Gasteiger charge is 1.93. The van der Waals surface area contributed by atoms with Crippen molar-refractivity contribution in [3.8, 4) is 11.5 Å². The van der Waals surface area contributed by atoms with Crippen LogP contribution in [-0.2, 0) is 4.79 Å². The Morgan fingerprint density at radius 3 is 1.70 bits per heavy atom. The minimum Gasteiger partial charge on any atom is -0.508 e.